The zero-order valence-corrected chi connectivity index (χ0v) is 13.2. The molecule has 116 valence electrons. The molecule has 1 heterocycles. The standard InChI is InChI=1S/C18H15NO3S/c20-17-16(13-14-7-3-1-4-8-14)23-18(21)19(17)11-12-22-15-9-5-2-6-10-15/h1-10,13H,11-12H2. The van der Waals surface area contributed by atoms with Gasteiger partial charge < -0.3 is 4.74 Å². The number of carbonyl (C=O) groups excluding carboxylic acids is 2. The van der Waals surface area contributed by atoms with Crippen LogP contribution in [0.5, 0.6) is 5.75 Å². The molecule has 1 aliphatic rings. The molecule has 0 N–H and O–H groups in total. The second kappa shape index (κ2) is 7.15. The van der Waals surface area contributed by atoms with Gasteiger partial charge in [-0.15, -0.1) is 0 Å². The summed E-state index contributed by atoms with van der Waals surface area (Å²) in [7, 11) is 0. The highest BCUT2D eigenvalue weighted by atomic mass is 32.2. The van der Waals surface area contributed by atoms with E-state index in [0.29, 0.717) is 4.91 Å². The van der Waals surface area contributed by atoms with Crippen molar-refractivity contribution in [2.75, 3.05) is 13.2 Å². The largest absolute Gasteiger partial charge is 0.492 e. The van der Waals surface area contributed by atoms with Gasteiger partial charge in [0.25, 0.3) is 11.1 Å². The first-order valence-electron chi connectivity index (χ1n) is 7.22. The van der Waals surface area contributed by atoms with Gasteiger partial charge in [0.05, 0.1) is 11.4 Å². The van der Waals surface area contributed by atoms with Gasteiger partial charge in [-0.25, -0.2) is 0 Å². The quantitative estimate of drug-likeness (QED) is 0.785. The van der Waals surface area contributed by atoms with Gasteiger partial charge in [-0.2, -0.15) is 0 Å². The first-order chi connectivity index (χ1) is 11.2. The van der Waals surface area contributed by atoms with E-state index in [1.165, 1.54) is 4.90 Å². The summed E-state index contributed by atoms with van der Waals surface area (Å²) in [6.45, 7) is 0.520. The van der Waals surface area contributed by atoms with Gasteiger partial charge in [0.1, 0.15) is 12.4 Å². The molecule has 0 spiro atoms. The third-order valence-corrected chi connectivity index (χ3v) is 4.21. The topological polar surface area (TPSA) is 46.6 Å². The molecule has 1 fully saturated rings. The van der Waals surface area contributed by atoms with Crippen molar-refractivity contribution in [1.82, 2.24) is 4.90 Å². The molecule has 2 aromatic carbocycles. The minimum atomic E-state index is -0.263. The molecule has 2 aromatic rings. The molecule has 1 aliphatic heterocycles. The Kier molecular flexibility index (Phi) is 4.78. The Labute approximate surface area is 138 Å². The molecule has 0 radical (unpaired) electrons. The number of para-hydroxylation sites is 1. The van der Waals surface area contributed by atoms with Crippen molar-refractivity contribution in [3.8, 4) is 5.75 Å². The van der Waals surface area contributed by atoms with Crippen LogP contribution < -0.4 is 4.74 Å². The zero-order valence-electron chi connectivity index (χ0n) is 12.3. The highest BCUT2D eigenvalue weighted by Gasteiger charge is 2.34. The molecular weight excluding hydrogens is 310 g/mol. The fraction of sp³-hybridized carbons (Fsp3) is 0.111. The van der Waals surface area contributed by atoms with Gasteiger partial charge in [-0.3, -0.25) is 14.5 Å². The van der Waals surface area contributed by atoms with Crippen LogP contribution in [0.1, 0.15) is 5.56 Å². The lowest BCUT2D eigenvalue weighted by Crippen LogP contribution is -2.32. The number of imide groups is 1. The fourth-order valence-corrected chi connectivity index (χ4v) is 3.03. The van der Waals surface area contributed by atoms with Crippen LogP contribution in [-0.4, -0.2) is 29.2 Å². The number of rotatable bonds is 5. The van der Waals surface area contributed by atoms with E-state index in [1.54, 1.807) is 6.08 Å². The second-order valence-corrected chi connectivity index (χ2v) is 5.90. The number of nitrogens with zero attached hydrogens (tertiary/aromatic N) is 1. The lowest BCUT2D eigenvalue weighted by molar-refractivity contribution is -0.123. The van der Waals surface area contributed by atoms with E-state index in [0.717, 1.165) is 23.1 Å². The maximum atomic E-state index is 12.3. The Hall–Kier alpha value is -2.53. The summed E-state index contributed by atoms with van der Waals surface area (Å²) in [5.41, 5.74) is 0.901. The van der Waals surface area contributed by atoms with Crippen molar-refractivity contribution in [3.63, 3.8) is 0 Å². The normalized spacial score (nSPS) is 16.2. The number of hydrogen-bond donors (Lipinski definition) is 0. The summed E-state index contributed by atoms with van der Waals surface area (Å²) in [6.07, 6.45) is 1.74. The number of amides is 2. The third kappa shape index (κ3) is 3.81. The molecule has 0 saturated carbocycles. The van der Waals surface area contributed by atoms with E-state index < -0.39 is 0 Å². The monoisotopic (exact) mass is 325 g/mol. The molecule has 0 aromatic heterocycles. The number of hydrogen-bond acceptors (Lipinski definition) is 4. The van der Waals surface area contributed by atoms with Crippen LogP contribution in [0.2, 0.25) is 0 Å². The predicted octanol–water partition coefficient (Wildman–Crippen LogP) is 3.80. The molecule has 1 saturated heterocycles. The maximum absolute atomic E-state index is 12.3. The minimum Gasteiger partial charge on any atom is -0.492 e. The molecule has 2 amide bonds. The third-order valence-electron chi connectivity index (χ3n) is 3.30. The van der Waals surface area contributed by atoms with Gasteiger partial charge in [-0.05, 0) is 35.5 Å². The number of thioether (sulfide) groups is 1. The Morgan fingerprint density at radius 2 is 1.61 bits per heavy atom. The summed E-state index contributed by atoms with van der Waals surface area (Å²) in [5, 5.41) is -0.256. The molecule has 0 atom stereocenters. The molecule has 23 heavy (non-hydrogen) atoms. The first-order valence-corrected chi connectivity index (χ1v) is 8.04. The van der Waals surface area contributed by atoms with Crippen molar-refractivity contribution in [1.29, 1.82) is 0 Å². The summed E-state index contributed by atoms with van der Waals surface area (Å²) < 4.78 is 5.54. The lowest BCUT2D eigenvalue weighted by atomic mass is 10.2. The first kappa shape index (κ1) is 15.4. The van der Waals surface area contributed by atoms with E-state index in [2.05, 4.69) is 0 Å². The number of carbonyl (C=O) groups is 2. The lowest BCUT2D eigenvalue weighted by Gasteiger charge is -2.13. The van der Waals surface area contributed by atoms with Gasteiger partial charge in [0, 0.05) is 0 Å². The van der Waals surface area contributed by atoms with Gasteiger partial charge in [0.15, 0.2) is 0 Å². The average Bonchev–Trinajstić information content (AvgIpc) is 2.84. The Balaban J connectivity index is 1.62. The summed E-state index contributed by atoms with van der Waals surface area (Å²) in [6, 6.07) is 18.8. The highest BCUT2D eigenvalue weighted by Crippen LogP contribution is 2.31. The summed E-state index contributed by atoms with van der Waals surface area (Å²) >= 11 is 0.966. The van der Waals surface area contributed by atoms with E-state index in [-0.39, 0.29) is 24.3 Å². The van der Waals surface area contributed by atoms with Crippen LogP contribution in [0.25, 0.3) is 6.08 Å². The zero-order chi connectivity index (χ0) is 16.1. The second-order valence-electron chi connectivity index (χ2n) is 4.91. The van der Waals surface area contributed by atoms with Crippen molar-refractivity contribution < 1.29 is 14.3 Å². The van der Waals surface area contributed by atoms with Crippen LogP contribution in [-0.2, 0) is 4.79 Å². The minimum absolute atomic E-state index is 0.242. The van der Waals surface area contributed by atoms with Crippen LogP contribution in [0, 0.1) is 0 Å². The molecular formula is C18H15NO3S. The van der Waals surface area contributed by atoms with Crippen LogP contribution in [0.3, 0.4) is 0 Å². The van der Waals surface area contributed by atoms with E-state index in [4.69, 9.17) is 4.74 Å². The van der Waals surface area contributed by atoms with Crippen molar-refractivity contribution in [2.45, 2.75) is 0 Å². The van der Waals surface area contributed by atoms with Crippen LogP contribution in [0.4, 0.5) is 4.79 Å². The predicted molar refractivity (Wildman–Crippen MR) is 91.1 cm³/mol. The van der Waals surface area contributed by atoms with E-state index >= 15 is 0 Å². The van der Waals surface area contributed by atoms with Crippen molar-refractivity contribution >= 4 is 29.0 Å². The van der Waals surface area contributed by atoms with E-state index in [1.807, 2.05) is 60.7 Å². The molecule has 4 nitrogen and oxygen atoms in total. The number of benzene rings is 2. The van der Waals surface area contributed by atoms with E-state index in [9.17, 15) is 9.59 Å². The van der Waals surface area contributed by atoms with Crippen LogP contribution >= 0.6 is 11.8 Å². The van der Waals surface area contributed by atoms with Crippen molar-refractivity contribution in [3.05, 3.63) is 71.1 Å². The molecule has 0 bridgehead atoms. The molecule has 3 rings (SSSR count). The number of ether oxygens (including phenoxy) is 1. The Bertz CT molecular complexity index is 728. The summed E-state index contributed by atoms with van der Waals surface area (Å²) in [4.78, 5) is 26.0. The van der Waals surface area contributed by atoms with Gasteiger partial charge in [-0.1, -0.05) is 48.5 Å². The average molecular weight is 325 g/mol. The molecule has 0 aliphatic carbocycles. The smallest absolute Gasteiger partial charge is 0.293 e. The summed E-state index contributed by atoms with van der Waals surface area (Å²) in [5.74, 6) is 0.458. The molecule has 5 heteroatoms. The SMILES string of the molecule is O=C1SC(=Cc2ccccc2)C(=O)N1CCOc1ccccc1. The molecule has 0 unspecified atom stereocenters. The maximum Gasteiger partial charge on any atom is 0.293 e. The fourth-order valence-electron chi connectivity index (χ4n) is 2.16. The Morgan fingerprint density at radius 3 is 2.30 bits per heavy atom. The van der Waals surface area contributed by atoms with Gasteiger partial charge >= 0.3 is 0 Å². The highest BCUT2D eigenvalue weighted by molar-refractivity contribution is 8.18. The Morgan fingerprint density at radius 1 is 0.957 bits per heavy atom. The van der Waals surface area contributed by atoms with Gasteiger partial charge in [0.2, 0.25) is 0 Å². The van der Waals surface area contributed by atoms with Crippen LogP contribution in [0.15, 0.2) is 65.6 Å². The van der Waals surface area contributed by atoms with Crippen molar-refractivity contribution in [2.24, 2.45) is 0 Å².